The molecule has 1 aliphatic rings. The lowest BCUT2D eigenvalue weighted by Crippen LogP contribution is -2.33. The maximum atomic E-state index is 11.5. The number of hydrogen-bond acceptors (Lipinski definition) is 5. The highest BCUT2D eigenvalue weighted by molar-refractivity contribution is 6.34. The molecule has 1 saturated heterocycles. The largest absolute Gasteiger partial charge is 0.465 e. The molecule has 1 aromatic rings. The number of nitrogen functional groups attached to an aromatic ring is 1. The monoisotopic (exact) mass is 270 g/mol. The molecule has 1 unspecified atom stereocenters. The van der Waals surface area contributed by atoms with E-state index in [9.17, 15) is 4.79 Å². The summed E-state index contributed by atoms with van der Waals surface area (Å²) in [6, 6.07) is 3.12. The van der Waals surface area contributed by atoms with E-state index < -0.39 is 5.97 Å². The summed E-state index contributed by atoms with van der Waals surface area (Å²) in [5.41, 5.74) is 7.26. The Morgan fingerprint density at radius 3 is 2.94 bits per heavy atom. The summed E-state index contributed by atoms with van der Waals surface area (Å²) in [6.07, 6.45) is 1.22. The van der Waals surface area contributed by atoms with Gasteiger partial charge in [-0.3, -0.25) is 0 Å². The zero-order chi connectivity index (χ0) is 13.1. The van der Waals surface area contributed by atoms with Crippen LogP contribution in [0.4, 0.5) is 11.4 Å². The van der Waals surface area contributed by atoms with Crippen LogP contribution in [-0.2, 0) is 9.47 Å². The average molecular weight is 271 g/mol. The quantitative estimate of drug-likeness (QED) is 0.646. The molecule has 0 aromatic heterocycles. The molecule has 2 rings (SSSR count). The van der Waals surface area contributed by atoms with Gasteiger partial charge in [-0.1, -0.05) is 11.6 Å². The fraction of sp³-hybridized carbons (Fsp3) is 0.417. The van der Waals surface area contributed by atoms with Gasteiger partial charge in [-0.2, -0.15) is 0 Å². The summed E-state index contributed by atoms with van der Waals surface area (Å²) in [7, 11) is 1.32. The van der Waals surface area contributed by atoms with Gasteiger partial charge >= 0.3 is 5.97 Å². The van der Waals surface area contributed by atoms with Gasteiger partial charge in [-0.05, 0) is 18.6 Å². The van der Waals surface area contributed by atoms with Crippen LogP contribution in [0.1, 0.15) is 16.8 Å². The number of methoxy groups -OCH3 is 1. The first-order chi connectivity index (χ1) is 8.61. The number of nitrogens with two attached hydrogens (primary N) is 1. The highest BCUT2D eigenvalue weighted by Crippen LogP contribution is 2.30. The van der Waals surface area contributed by atoms with Crippen LogP contribution in [-0.4, -0.2) is 32.3 Å². The summed E-state index contributed by atoms with van der Waals surface area (Å²) < 4.78 is 9.95. The van der Waals surface area contributed by atoms with E-state index >= 15 is 0 Å². The maximum Gasteiger partial charge on any atom is 0.337 e. The van der Waals surface area contributed by atoms with E-state index in [1.54, 1.807) is 6.07 Å². The number of carbonyl (C=O) groups is 1. The zero-order valence-corrected chi connectivity index (χ0v) is 10.8. The molecular formula is C12H15ClN2O3. The third-order valence-electron chi connectivity index (χ3n) is 2.86. The van der Waals surface area contributed by atoms with E-state index in [0.717, 1.165) is 13.0 Å². The molecule has 5 nitrogen and oxygen atoms in total. The summed E-state index contributed by atoms with van der Waals surface area (Å²) in [5.74, 6) is -0.445. The van der Waals surface area contributed by atoms with E-state index in [1.165, 1.54) is 13.2 Å². The number of esters is 1. The normalized spacial score (nSPS) is 18.0. The zero-order valence-electron chi connectivity index (χ0n) is 10.0. The average Bonchev–Trinajstić information content (AvgIpc) is 2.31. The van der Waals surface area contributed by atoms with Gasteiger partial charge in [0, 0.05) is 13.2 Å². The second-order valence-corrected chi connectivity index (χ2v) is 4.48. The van der Waals surface area contributed by atoms with Crippen LogP contribution in [0.5, 0.6) is 0 Å². The number of halogens is 1. The van der Waals surface area contributed by atoms with Crippen LogP contribution >= 0.6 is 11.6 Å². The number of hydrogen-bond donors (Lipinski definition) is 2. The molecule has 3 N–H and O–H groups in total. The van der Waals surface area contributed by atoms with Crippen LogP contribution in [0.2, 0.25) is 5.02 Å². The van der Waals surface area contributed by atoms with Gasteiger partial charge in [0.1, 0.15) is 0 Å². The van der Waals surface area contributed by atoms with E-state index in [4.69, 9.17) is 22.1 Å². The van der Waals surface area contributed by atoms with Gasteiger partial charge in [0.25, 0.3) is 0 Å². The number of benzene rings is 1. The van der Waals surface area contributed by atoms with Crippen LogP contribution in [0.15, 0.2) is 12.1 Å². The summed E-state index contributed by atoms with van der Waals surface area (Å²) in [5, 5.41) is 3.46. The second-order valence-electron chi connectivity index (χ2n) is 4.07. The number of ether oxygens (including phenoxy) is 2. The van der Waals surface area contributed by atoms with Gasteiger partial charge in [-0.25, -0.2) is 4.79 Å². The van der Waals surface area contributed by atoms with Crippen molar-refractivity contribution >= 4 is 28.9 Å². The molecule has 1 atom stereocenters. The first kappa shape index (κ1) is 13.0. The predicted octanol–water partition coefficient (Wildman–Crippen LogP) is 1.91. The molecule has 1 fully saturated rings. The predicted molar refractivity (Wildman–Crippen MR) is 70.1 cm³/mol. The Morgan fingerprint density at radius 2 is 2.39 bits per heavy atom. The van der Waals surface area contributed by atoms with Crippen LogP contribution in [0, 0.1) is 0 Å². The summed E-state index contributed by atoms with van der Waals surface area (Å²) in [6.45, 7) is 1.44. The highest BCUT2D eigenvalue weighted by Gasteiger charge is 2.19. The first-order valence-corrected chi connectivity index (χ1v) is 6.02. The maximum absolute atomic E-state index is 11.5. The van der Waals surface area contributed by atoms with Crippen molar-refractivity contribution in [1.82, 2.24) is 0 Å². The molecule has 0 spiro atoms. The molecule has 1 aromatic carbocycles. The van der Waals surface area contributed by atoms with Crippen LogP contribution in [0.25, 0.3) is 0 Å². The Bertz CT molecular complexity index is 461. The lowest BCUT2D eigenvalue weighted by atomic mass is 10.1. The Hall–Kier alpha value is -1.46. The molecule has 18 heavy (non-hydrogen) atoms. The van der Waals surface area contributed by atoms with Crippen LogP contribution in [0.3, 0.4) is 0 Å². The van der Waals surface area contributed by atoms with Crippen molar-refractivity contribution in [2.45, 2.75) is 12.5 Å². The van der Waals surface area contributed by atoms with Crippen LogP contribution < -0.4 is 11.1 Å². The Kier molecular flexibility index (Phi) is 3.93. The van der Waals surface area contributed by atoms with Gasteiger partial charge in [0.05, 0.1) is 35.2 Å². The SMILES string of the molecule is COC(=O)c1cc(Cl)c(N)c(NCC2CCO2)c1. The van der Waals surface area contributed by atoms with Crippen molar-refractivity contribution in [3.63, 3.8) is 0 Å². The molecule has 98 valence electrons. The summed E-state index contributed by atoms with van der Waals surface area (Å²) in [4.78, 5) is 11.5. The minimum absolute atomic E-state index is 0.199. The molecule has 0 aliphatic carbocycles. The molecule has 6 heteroatoms. The minimum Gasteiger partial charge on any atom is -0.465 e. The van der Waals surface area contributed by atoms with Crippen molar-refractivity contribution < 1.29 is 14.3 Å². The fourth-order valence-corrected chi connectivity index (χ4v) is 1.89. The molecule has 0 saturated carbocycles. The lowest BCUT2D eigenvalue weighted by molar-refractivity contribution is -0.0410. The summed E-state index contributed by atoms with van der Waals surface area (Å²) >= 11 is 5.98. The van der Waals surface area contributed by atoms with Gasteiger partial charge in [-0.15, -0.1) is 0 Å². The standard InChI is InChI=1S/C12H15ClN2O3/c1-17-12(16)7-4-9(13)11(14)10(5-7)15-6-8-2-3-18-8/h4-5,8,15H,2-3,6,14H2,1H3. The third kappa shape index (κ3) is 2.68. The Labute approximate surface area is 110 Å². The third-order valence-corrected chi connectivity index (χ3v) is 3.18. The smallest absolute Gasteiger partial charge is 0.337 e. The van der Waals surface area contributed by atoms with Gasteiger partial charge < -0.3 is 20.5 Å². The molecule has 1 aliphatic heterocycles. The number of nitrogens with one attached hydrogen (secondary N) is 1. The van der Waals surface area contributed by atoms with Gasteiger partial charge in [0.2, 0.25) is 0 Å². The van der Waals surface area contributed by atoms with Crippen molar-refractivity contribution in [2.24, 2.45) is 0 Å². The van der Waals surface area contributed by atoms with Crippen molar-refractivity contribution in [1.29, 1.82) is 0 Å². The topological polar surface area (TPSA) is 73.6 Å². The number of anilines is 2. The Balaban J connectivity index is 2.15. The van der Waals surface area contributed by atoms with E-state index in [2.05, 4.69) is 10.1 Å². The van der Waals surface area contributed by atoms with E-state index in [0.29, 0.717) is 28.5 Å². The van der Waals surface area contributed by atoms with E-state index in [1.807, 2.05) is 0 Å². The van der Waals surface area contributed by atoms with Gasteiger partial charge in [0.15, 0.2) is 0 Å². The molecule has 0 bridgehead atoms. The molecule has 1 heterocycles. The van der Waals surface area contributed by atoms with E-state index in [-0.39, 0.29) is 6.10 Å². The molecule has 0 amide bonds. The number of rotatable bonds is 4. The molecule has 0 radical (unpaired) electrons. The second kappa shape index (κ2) is 5.46. The first-order valence-electron chi connectivity index (χ1n) is 5.64. The molecular weight excluding hydrogens is 256 g/mol. The van der Waals surface area contributed by atoms with Crippen molar-refractivity contribution in [3.05, 3.63) is 22.7 Å². The lowest BCUT2D eigenvalue weighted by Gasteiger charge is -2.27. The van der Waals surface area contributed by atoms with Crippen molar-refractivity contribution in [3.8, 4) is 0 Å². The minimum atomic E-state index is -0.445. The highest BCUT2D eigenvalue weighted by atomic mass is 35.5. The number of carbonyl (C=O) groups excluding carboxylic acids is 1. The van der Waals surface area contributed by atoms with Crippen molar-refractivity contribution in [2.75, 3.05) is 31.3 Å². The fourth-order valence-electron chi connectivity index (χ4n) is 1.67. The Morgan fingerprint density at radius 1 is 1.67 bits per heavy atom.